The molecule has 1 heterocycles. The minimum atomic E-state index is -0.147. The van der Waals surface area contributed by atoms with Crippen LogP contribution in [0.25, 0.3) is 0 Å². The Kier molecular flexibility index (Phi) is 1.46. The highest BCUT2D eigenvalue weighted by molar-refractivity contribution is 5.21. The lowest BCUT2D eigenvalue weighted by Crippen LogP contribution is -2.19. The second kappa shape index (κ2) is 2.34. The van der Waals surface area contributed by atoms with Crippen molar-refractivity contribution in [2.45, 2.75) is 25.4 Å². The van der Waals surface area contributed by atoms with Crippen molar-refractivity contribution in [1.29, 1.82) is 0 Å². The Balaban J connectivity index is 2.36. The molecule has 11 heavy (non-hydrogen) atoms. The van der Waals surface area contributed by atoms with Gasteiger partial charge in [0.2, 0.25) is 0 Å². The van der Waals surface area contributed by atoms with Crippen LogP contribution in [0, 0.1) is 0 Å². The number of nitrogens with zero attached hydrogens (tertiary/aromatic N) is 2. The summed E-state index contributed by atoms with van der Waals surface area (Å²) in [6.45, 7) is 0. The van der Waals surface area contributed by atoms with Gasteiger partial charge >= 0.3 is 0 Å². The number of aryl methyl sites for hydroxylation is 1. The second-order valence-electron chi connectivity index (χ2n) is 3.14. The Morgan fingerprint density at radius 1 is 1.73 bits per heavy atom. The Morgan fingerprint density at radius 2 is 2.55 bits per heavy atom. The topological polar surface area (TPSA) is 38.0 Å². The average molecular weight is 152 g/mol. The summed E-state index contributed by atoms with van der Waals surface area (Å²) in [7, 11) is 1.95. The SMILES string of the molecule is Cn1ncc2c1CC[C@H](O)C2. The summed E-state index contributed by atoms with van der Waals surface area (Å²) in [4.78, 5) is 0. The Hall–Kier alpha value is -0.830. The van der Waals surface area contributed by atoms with Gasteiger partial charge in [0, 0.05) is 19.2 Å². The summed E-state index contributed by atoms with van der Waals surface area (Å²) >= 11 is 0. The Morgan fingerprint density at radius 3 is 3.36 bits per heavy atom. The van der Waals surface area contributed by atoms with E-state index in [2.05, 4.69) is 5.10 Å². The van der Waals surface area contributed by atoms with Crippen molar-refractivity contribution in [3.8, 4) is 0 Å². The number of fused-ring (bicyclic) bond motifs is 1. The standard InChI is InChI=1S/C8H12N2O/c1-10-8-3-2-7(11)4-6(8)5-9-10/h5,7,11H,2-4H2,1H3/t7-/m0/s1. The monoisotopic (exact) mass is 152 g/mol. The fourth-order valence-corrected chi connectivity index (χ4v) is 1.66. The first-order chi connectivity index (χ1) is 5.27. The zero-order valence-electron chi connectivity index (χ0n) is 6.62. The fourth-order valence-electron chi connectivity index (χ4n) is 1.66. The fraction of sp³-hybridized carbons (Fsp3) is 0.625. The molecule has 0 amide bonds. The molecule has 0 aliphatic heterocycles. The van der Waals surface area contributed by atoms with Gasteiger partial charge in [-0.25, -0.2) is 0 Å². The van der Waals surface area contributed by atoms with Crippen molar-refractivity contribution >= 4 is 0 Å². The lowest BCUT2D eigenvalue weighted by atomic mass is 9.96. The highest BCUT2D eigenvalue weighted by Gasteiger charge is 2.18. The quantitative estimate of drug-likeness (QED) is 0.579. The number of aliphatic hydroxyl groups excluding tert-OH is 1. The predicted molar refractivity (Wildman–Crippen MR) is 41.2 cm³/mol. The average Bonchev–Trinajstić information content (AvgIpc) is 2.32. The molecule has 1 aromatic rings. The highest BCUT2D eigenvalue weighted by Crippen LogP contribution is 2.19. The third-order valence-electron chi connectivity index (χ3n) is 2.32. The van der Waals surface area contributed by atoms with Crippen molar-refractivity contribution in [3.63, 3.8) is 0 Å². The molecule has 1 atom stereocenters. The summed E-state index contributed by atoms with van der Waals surface area (Å²) in [5.41, 5.74) is 2.50. The van der Waals surface area contributed by atoms with Gasteiger partial charge in [-0.05, 0) is 18.4 Å². The molecule has 1 aliphatic rings. The predicted octanol–water partition coefficient (Wildman–Crippen LogP) is 0.270. The van der Waals surface area contributed by atoms with Gasteiger partial charge in [0.05, 0.1) is 12.3 Å². The van der Waals surface area contributed by atoms with Crippen LogP contribution in [0.3, 0.4) is 0 Å². The molecule has 2 rings (SSSR count). The maximum absolute atomic E-state index is 9.33. The van der Waals surface area contributed by atoms with E-state index < -0.39 is 0 Å². The molecule has 0 saturated carbocycles. The summed E-state index contributed by atoms with van der Waals surface area (Å²) in [5.74, 6) is 0. The molecule has 3 nitrogen and oxygen atoms in total. The van der Waals surface area contributed by atoms with Gasteiger partial charge in [-0.3, -0.25) is 4.68 Å². The third kappa shape index (κ3) is 1.05. The van der Waals surface area contributed by atoms with Crippen LogP contribution < -0.4 is 0 Å². The molecular formula is C8H12N2O. The summed E-state index contributed by atoms with van der Waals surface area (Å²) < 4.78 is 1.90. The van der Waals surface area contributed by atoms with Crippen LogP contribution in [0.2, 0.25) is 0 Å². The van der Waals surface area contributed by atoms with E-state index in [1.807, 2.05) is 17.9 Å². The molecule has 1 N–H and O–H groups in total. The van der Waals surface area contributed by atoms with Crippen molar-refractivity contribution < 1.29 is 5.11 Å². The van der Waals surface area contributed by atoms with Crippen LogP contribution in [-0.2, 0) is 19.9 Å². The van der Waals surface area contributed by atoms with Crippen LogP contribution in [-0.4, -0.2) is 21.0 Å². The highest BCUT2D eigenvalue weighted by atomic mass is 16.3. The van der Waals surface area contributed by atoms with Gasteiger partial charge in [-0.1, -0.05) is 0 Å². The number of rotatable bonds is 0. The molecule has 0 fully saturated rings. The van der Waals surface area contributed by atoms with Gasteiger partial charge in [0.25, 0.3) is 0 Å². The normalized spacial score (nSPS) is 23.3. The van der Waals surface area contributed by atoms with Crippen LogP contribution in [0.5, 0.6) is 0 Å². The lowest BCUT2D eigenvalue weighted by Gasteiger charge is -2.17. The van der Waals surface area contributed by atoms with E-state index in [0.717, 1.165) is 19.3 Å². The van der Waals surface area contributed by atoms with Crippen molar-refractivity contribution in [3.05, 3.63) is 17.5 Å². The molecule has 0 unspecified atom stereocenters. The zero-order valence-corrected chi connectivity index (χ0v) is 6.62. The molecule has 3 heteroatoms. The molecule has 0 radical (unpaired) electrons. The first-order valence-electron chi connectivity index (χ1n) is 3.95. The largest absolute Gasteiger partial charge is 0.393 e. The van der Waals surface area contributed by atoms with Crippen molar-refractivity contribution in [1.82, 2.24) is 9.78 Å². The lowest BCUT2D eigenvalue weighted by molar-refractivity contribution is 0.157. The van der Waals surface area contributed by atoms with E-state index in [1.165, 1.54) is 11.3 Å². The molecular weight excluding hydrogens is 140 g/mol. The number of aliphatic hydroxyl groups is 1. The van der Waals surface area contributed by atoms with E-state index in [0.29, 0.717) is 0 Å². The molecule has 60 valence electrons. The van der Waals surface area contributed by atoms with Gasteiger partial charge in [0.1, 0.15) is 0 Å². The van der Waals surface area contributed by atoms with Gasteiger partial charge in [-0.15, -0.1) is 0 Å². The summed E-state index contributed by atoms with van der Waals surface area (Å²) in [6.07, 6.45) is 4.34. The Bertz CT molecular complexity index is 267. The van der Waals surface area contributed by atoms with Gasteiger partial charge < -0.3 is 5.11 Å². The molecule has 0 spiro atoms. The smallest absolute Gasteiger partial charge is 0.0585 e. The molecule has 0 saturated heterocycles. The maximum atomic E-state index is 9.33. The minimum absolute atomic E-state index is 0.147. The number of hydrogen-bond donors (Lipinski definition) is 1. The minimum Gasteiger partial charge on any atom is -0.393 e. The maximum Gasteiger partial charge on any atom is 0.0585 e. The van der Waals surface area contributed by atoms with Crippen molar-refractivity contribution in [2.24, 2.45) is 7.05 Å². The van der Waals surface area contributed by atoms with Gasteiger partial charge in [0.15, 0.2) is 0 Å². The van der Waals surface area contributed by atoms with E-state index in [1.54, 1.807) is 0 Å². The zero-order chi connectivity index (χ0) is 7.84. The molecule has 0 bridgehead atoms. The summed E-state index contributed by atoms with van der Waals surface area (Å²) in [6, 6.07) is 0. The van der Waals surface area contributed by atoms with Crippen LogP contribution in [0.1, 0.15) is 17.7 Å². The number of aromatic nitrogens is 2. The van der Waals surface area contributed by atoms with E-state index in [9.17, 15) is 5.11 Å². The van der Waals surface area contributed by atoms with Crippen LogP contribution in [0.4, 0.5) is 0 Å². The Labute approximate surface area is 65.7 Å². The molecule has 1 aromatic heterocycles. The third-order valence-corrected chi connectivity index (χ3v) is 2.32. The van der Waals surface area contributed by atoms with Crippen LogP contribution in [0.15, 0.2) is 6.20 Å². The van der Waals surface area contributed by atoms with E-state index >= 15 is 0 Å². The first-order valence-corrected chi connectivity index (χ1v) is 3.95. The van der Waals surface area contributed by atoms with Crippen LogP contribution >= 0.6 is 0 Å². The second-order valence-corrected chi connectivity index (χ2v) is 3.14. The van der Waals surface area contributed by atoms with E-state index in [-0.39, 0.29) is 6.10 Å². The first kappa shape index (κ1) is 6.85. The summed E-state index contributed by atoms with van der Waals surface area (Å²) in [5, 5.41) is 13.5. The van der Waals surface area contributed by atoms with Gasteiger partial charge in [-0.2, -0.15) is 5.10 Å². The number of hydrogen-bond acceptors (Lipinski definition) is 2. The molecule has 1 aliphatic carbocycles. The molecule has 0 aromatic carbocycles. The van der Waals surface area contributed by atoms with Crippen molar-refractivity contribution in [2.75, 3.05) is 0 Å². The van der Waals surface area contributed by atoms with E-state index in [4.69, 9.17) is 0 Å².